The van der Waals surface area contributed by atoms with Crippen molar-refractivity contribution in [2.45, 2.75) is 12.5 Å². The molecule has 0 aliphatic rings. The van der Waals surface area contributed by atoms with Gasteiger partial charge >= 0.3 is 0 Å². The number of hydrogen-bond donors (Lipinski definition) is 0. The molecule has 2 heteroatoms. The molecular formula is C10H9ClO. The third-order valence-corrected chi connectivity index (χ3v) is 1.77. The van der Waals surface area contributed by atoms with Crippen molar-refractivity contribution >= 4 is 11.9 Å². The van der Waals surface area contributed by atoms with Gasteiger partial charge in [-0.05, 0) is 5.56 Å². The van der Waals surface area contributed by atoms with Crippen molar-refractivity contribution in [3.8, 4) is 12.3 Å². The second kappa shape index (κ2) is 4.82. The van der Waals surface area contributed by atoms with Gasteiger partial charge in [0.05, 0.1) is 11.9 Å². The lowest BCUT2D eigenvalue weighted by Crippen LogP contribution is -2.07. The van der Waals surface area contributed by atoms with Gasteiger partial charge < -0.3 is 0 Å². The largest absolute Gasteiger partial charge is 0.262 e. The average Bonchev–Trinajstić information content (AvgIpc) is 2.16. The molecule has 1 rings (SSSR count). The molecule has 1 aromatic rings. The Kier molecular flexibility index (Phi) is 3.66. The first kappa shape index (κ1) is 9.12. The van der Waals surface area contributed by atoms with Crippen LogP contribution in [0.2, 0.25) is 0 Å². The van der Waals surface area contributed by atoms with Crippen LogP contribution in [-0.2, 0) is 10.7 Å². The Morgan fingerprint density at radius 2 is 2.08 bits per heavy atom. The van der Waals surface area contributed by atoms with Gasteiger partial charge in [0, 0.05) is 6.42 Å². The van der Waals surface area contributed by atoms with Gasteiger partial charge in [-0.15, -0.1) is 6.42 Å². The van der Waals surface area contributed by atoms with Gasteiger partial charge in [0.25, 0.3) is 0 Å². The minimum Gasteiger partial charge on any atom is -0.262 e. The third-order valence-electron chi connectivity index (χ3n) is 1.56. The molecule has 0 heterocycles. The second-order valence-electron chi connectivity index (χ2n) is 2.43. The zero-order valence-electron chi connectivity index (χ0n) is 6.53. The van der Waals surface area contributed by atoms with E-state index in [1.165, 1.54) is 0 Å². The smallest absolute Gasteiger partial charge is 0.143 e. The lowest BCUT2D eigenvalue weighted by atomic mass is 10.1. The van der Waals surface area contributed by atoms with Crippen LogP contribution in [0, 0.1) is 12.3 Å². The quantitative estimate of drug-likeness (QED) is 0.650. The summed E-state index contributed by atoms with van der Waals surface area (Å²) in [5.41, 5.74) is 1.13. The topological polar surface area (TPSA) is 9.23 Å². The van der Waals surface area contributed by atoms with E-state index in [-0.39, 0.29) is 6.10 Å². The van der Waals surface area contributed by atoms with E-state index in [9.17, 15) is 0 Å². The van der Waals surface area contributed by atoms with Crippen LogP contribution in [-0.4, -0.2) is 6.10 Å². The fourth-order valence-electron chi connectivity index (χ4n) is 0.944. The Morgan fingerprint density at radius 3 is 2.58 bits per heavy atom. The first-order valence-electron chi connectivity index (χ1n) is 3.64. The van der Waals surface area contributed by atoms with Crippen molar-refractivity contribution in [3.05, 3.63) is 35.9 Å². The number of terminal acetylenes is 1. The Labute approximate surface area is 77.5 Å². The monoisotopic (exact) mass is 180 g/mol. The lowest BCUT2D eigenvalue weighted by Gasteiger charge is -2.04. The summed E-state index contributed by atoms with van der Waals surface area (Å²) in [5.74, 6) is 2.45. The number of hydrogen-bond acceptors (Lipinski definition) is 1. The molecular weight excluding hydrogens is 172 g/mol. The highest BCUT2D eigenvalue weighted by molar-refractivity contribution is 6.07. The summed E-state index contributed by atoms with van der Waals surface area (Å²) in [6.45, 7) is 0. The van der Waals surface area contributed by atoms with Crippen LogP contribution in [0.3, 0.4) is 0 Å². The second-order valence-corrected chi connectivity index (χ2v) is 2.61. The molecule has 12 heavy (non-hydrogen) atoms. The highest BCUT2D eigenvalue weighted by atomic mass is 35.5. The Balaban J connectivity index is 2.58. The van der Waals surface area contributed by atoms with Gasteiger partial charge in [0.1, 0.15) is 6.10 Å². The Bertz CT molecular complexity index is 263. The summed E-state index contributed by atoms with van der Waals surface area (Å²) in [4.78, 5) is 0. The molecule has 1 nitrogen and oxygen atoms in total. The van der Waals surface area contributed by atoms with Crippen molar-refractivity contribution in [1.82, 2.24) is 0 Å². The van der Waals surface area contributed by atoms with Crippen molar-refractivity contribution in [2.75, 3.05) is 0 Å². The van der Waals surface area contributed by atoms with E-state index in [0.717, 1.165) is 5.56 Å². The molecule has 0 aromatic heterocycles. The zero-order chi connectivity index (χ0) is 8.81. The molecule has 0 radical (unpaired) electrons. The minimum atomic E-state index is -0.339. The summed E-state index contributed by atoms with van der Waals surface area (Å²) in [7, 11) is 0. The molecule has 1 unspecified atom stereocenters. The molecule has 0 spiro atoms. The summed E-state index contributed by atoms with van der Waals surface area (Å²) < 4.78 is 4.54. The van der Waals surface area contributed by atoms with E-state index in [1.54, 1.807) is 0 Å². The van der Waals surface area contributed by atoms with Crippen molar-refractivity contribution < 1.29 is 4.29 Å². The van der Waals surface area contributed by atoms with Gasteiger partial charge in [-0.25, -0.2) is 0 Å². The molecule has 1 atom stereocenters. The summed E-state index contributed by atoms with van der Waals surface area (Å²) in [6.07, 6.45) is 5.49. The van der Waals surface area contributed by atoms with Crippen LogP contribution >= 0.6 is 11.9 Å². The zero-order valence-corrected chi connectivity index (χ0v) is 7.29. The average molecular weight is 181 g/mol. The van der Waals surface area contributed by atoms with Crippen LogP contribution in [0.4, 0.5) is 0 Å². The standard InChI is InChI=1S/C10H9ClO/c1-2-10(12-11)8-9-6-4-3-5-7-9/h1,3-7,10H,8H2. The first-order valence-corrected chi connectivity index (χ1v) is 3.95. The molecule has 1 aromatic carbocycles. The van der Waals surface area contributed by atoms with Crippen LogP contribution < -0.4 is 0 Å². The summed E-state index contributed by atoms with van der Waals surface area (Å²) in [6, 6.07) is 9.84. The predicted molar refractivity (Wildman–Crippen MR) is 49.7 cm³/mol. The molecule has 0 saturated carbocycles. The molecule has 0 fully saturated rings. The lowest BCUT2D eigenvalue weighted by molar-refractivity contribution is 0.287. The van der Waals surface area contributed by atoms with Crippen molar-refractivity contribution in [2.24, 2.45) is 0 Å². The number of halogens is 1. The van der Waals surface area contributed by atoms with E-state index in [1.807, 2.05) is 30.3 Å². The van der Waals surface area contributed by atoms with E-state index >= 15 is 0 Å². The maximum atomic E-state index is 5.18. The van der Waals surface area contributed by atoms with Gasteiger partial charge in [0.2, 0.25) is 0 Å². The Morgan fingerprint density at radius 1 is 1.42 bits per heavy atom. The molecule has 0 saturated heterocycles. The maximum absolute atomic E-state index is 5.18. The van der Waals surface area contributed by atoms with E-state index in [0.29, 0.717) is 6.42 Å². The van der Waals surface area contributed by atoms with E-state index in [4.69, 9.17) is 18.3 Å². The van der Waals surface area contributed by atoms with Crippen LogP contribution in [0.15, 0.2) is 30.3 Å². The van der Waals surface area contributed by atoms with Crippen LogP contribution in [0.1, 0.15) is 5.56 Å². The molecule has 0 amide bonds. The van der Waals surface area contributed by atoms with Gasteiger partial charge in [-0.3, -0.25) is 4.29 Å². The highest BCUT2D eigenvalue weighted by Gasteiger charge is 2.04. The third kappa shape index (κ3) is 2.58. The van der Waals surface area contributed by atoms with E-state index in [2.05, 4.69) is 10.2 Å². The van der Waals surface area contributed by atoms with Crippen molar-refractivity contribution in [3.63, 3.8) is 0 Å². The van der Waals surface area contributed by atoms with Gasteiger partial charge in [-0.1, -0.05) is 36.3 Å². The number of rotatable bonds is 3. The van der Waals surface area contributed by atoms with Crippen LogP contribution in [0.25, 0.3) is 0 Å². The molecule has 0 aliphatic heterocycles. The molecule has 0 N–H and O–H groups in total. The maximum Gasteiger partial charge on any atom is 0.143 e. The van der Waals surface area contributed by atoms with Gasteiger partial charge in [0.15, 0.2) is 0 Å². The SMILES string of the molecule is C#CC(Cc1ccccc1)OCl. The molecule has 0 aliphatic carbocycles. The Hall–Kier alpha value is -0.970. The summed E-state index contributed by atoms with van der Waals surface area (Å²) >= 11 is 5.18. The molecule has 62 valence electrons. The first-order chi connectivity index (χ1) is 5.86. The molecule has 0 bridgehead atoms. The highest BCUT2D eigenvalue weighted by Crippen LogP contribution is 2.06. The fourth-order valence-corrected chi connectivity index (χ4v) is 1.06. The minimum absolute atomic E-state index is 0.339. The van der Waals surface area contributed by atoms with Crippen molar-refractivity contribution in [1.29, 1.82) is 0 Å². The van der Waals surface area contributed by atoms with E-state index < -0.39 is 0 Å². The number of benzene rings is 1. The normalized spacial score (nSPS) is 12.0. The van der Waals surface area contributed by atoms with Gasteiger partial charge in [-0.2, -0.15) is 0 Å². The predicted octanol–water partition coefficient (Wildman–Crippen LogP) is 2.40. The fraction of sp³-hybridized carbons (Fsp3) is 0.200. The van der Waals surface area contributed by atoms with Crippen LogP contribution in [0.5, 0.6) is 0 Å². The summed E-state index contributed by atoms with van der Waals surface area (Å²) in [5, 5.41) is 0.